The molecule has 0 aromatic heterocycles. The Morgan fingerprint density at radius 1 is 1.38 bits per heavy atom. The SMILES string of the molecule is C=CCC1(CC=C)CCC(=O)CO1. The van der Waals surface area contributed by atoms with Gasteiger partial charge in [-0.05, 0) is 19.3 Å². The number of hydrogen-bond donors (Lipinski definition) is 0. The number of ether oxygens (including phenoxy) is 1. The minimum absolute atomic E-state index is 0.197. The molecule has 2 heteroatoms. The standard InChI is InChI=1S/C11H16O2/c1-3-6-11(7-4-2)8-5-10(12)9-13-11/h3-4H,1-2,5-9H2. The van der Waals surface area contributed by atoms with Gasteiger partial charge in [-0.1, -0.05) is 12.2 Å². The number of Topliss-reactive ketones (excluding diaryl/α,β-unsaturated/α-hetero) is 1. The average molecular weight is 180 g/mol. The van der Waals surface area contributed by atoms with Gasteiger partial charge in [0.1, 0.15) is 6.61 Å². The van der Waals surface area contributed by atoms with Gasteiger partial charge in [-0.3, -0.25) is 4.79 Å². The number of hydrogen-bond acceptors (Lipinski definition) is 2. The van der Waals surface area contributed by atoms with Crippen LogP contribution in [0.25, 0.3) is 0 Å². The van der Waals surface area contributed by atoms with E-state index in [-0.39, 0.29) is 18.0 Å². The molecule has 1 aliphatic rings. The Labute approximate surface area is 79.3 Å². The normalized spacial score (nSPS) is 21.1. The van der Waals surface area contributed by atoms with Crippen molar-refractivity contribution in [3.63, 3.8) is 0 Å². The van der Waals surface area contributed by atoms with E-state index in [4.69, 9.17) is 4.74 Å². The maximum Gasteiger partial charge on any atom is 0.158 e. The maximum atomic E-state index is 11.0. The van der Waals surface area contributed by atoms with E-state index < -0.39 is 0 Å². The first kappa shape index (κ1) is 10.2. The molecule has 1 heterocycles. The second kappa shape index (κ2) is 4.38. The van der Waals surface area contributed by atoms with Gasteiger partial charge in [0.15, 0.2) is 5.78 Å². The molecule has 0 saturated carbocycles. The van der Waals surface area contributed by atoms with Crippen LogP contribution in [0.15, 0.2) is 25.3 Å². The zero-order valence-corrected chi connectivity index (χ0v) is 7.92. The van der Waals surface area contributed by atoms with Gasteiger partial charge in [-0.25, -0.2) is 0 Å². The molecular weight excluding hydrogens is 164 g/mol. The summed E-state index contributed by atoms with van der Waals surface area (Å²) in [6, 6.07) is 0. The highest BCUT2D eigenvalue weighted by atomic mass is 16.5. The first-order valence-corrected chi connectivity index (χ1v) is 4.60. The van der Waals surface area contributed by atoms with Crippen LogP contribution in [0, 0.1) is 0 Å². The average Bonchev–Trinajstić information content (AvgIpc) is 2.11. The lowest BCUT2D eigenvalue weighted by atomic mass is 9.87. The molecule has 0 amide bonds. The van der Waals surface area contributed by atoms with Gasteiger partial charge in [-0.2, -0.15) is 0 Å². The smallest absolute Gasteiger partial charge is 0.158 e. The molecule has 2 nitrogen and oxygen atoms in total. The first-order valence-electron chi connectivity index (χ1n) is 4.60. The summed E-state index contributed by atoms with van der Waals surface area (Å²) >= 11 is 0. The van der Waals surface area contributed by atoms with E-state index in [0.717, 1.165) is 19.3 Å². The third-order valence-electron chi connectivity index (χ3n) is 2.43. The van der Waals surface area contributed by atoms with Crippen molar-refractivity contribution >= 4 is 5.78 Å². The molecule has 0 N–H and O–H groups in total. The Balaban J connectivity index is 2.61. The van der Waals surface area contributed by atoms with Gasteiger partial charge < -0.3 is 4.74 Å². The lowest BCUT2D eigenvalue weighted by Gasteiger charge is -2.35. The van der Waals surface area contributed by atoms with Crippen LogP contribution < -0.4 is 0 Å². The molecule has 1 fully saturated rings. The predicted octanol–water partition coefficient (Wildman–Crippen LogP) is 2.26. The van der Waals surface area contributed by atoms with E-state index in [0.29, 0.717) is 6.42 Å². The number of carbonyl (C=O) groups excluding carboxylic acids is 1. The summed E-state index contributed by atoms with van der Waals surface area (Å²) < 4.78 is 5.57. The summed E-state index contributed by atoms with van der Waals surface area (Å²) in [5, 5.41) is 0. The van der Waals surface area contributed by atoms with Crippen molar-refractivity contribution in [3.8, 4) is 0 Å². The van der Waals surface area contributed by atoms with Gasteiger partial charge in [0.25, 0.3) is 0 Å². The summed E-state index contributed by atoms with van der Waals surface area (Å²) in [6.07, 6.45) is 6.71. The molecule has 0 bridgehead atoms. The highest BCUT2D eigenvalue weighted by Crippen LogP contribution is 2.30. The van der Waals surface area contributed by atoms with Crippen molar-refractivity contribution in [1.82, 2.24) is 0 Å². The van der Waals surface area contributed by atoms with E-state index >= 15 is 0 Å². The zero-order valence-electron chi connectivity index (χ0n) is 7.92. The molecule has 0 aromatic carbocycles. The fraction of sp³-hybridized carbons (Fsp3) is 0.545. The van der Waals surface area contributed by atoms with Crippen LogP contribution in [-0.2, 0) is 9.53 Å². The van der Waals surface area contributed by atoms with E-state index in [9.17, 15) is 4.79 Å². The van der Waals surface area contributed by atoms with Crippen LogP contribution >= 0.6 is 0 Å². The topological polar surface area (TPSA) is 26.3 Å². The number of ketones is 1. The molecule has 13 heavy (non-hydrogen) atoms. The van der Waals surface area contributed by atoms with Crippen LogP contribution in [0.1, 0.15) is 25.7 Å². The Kier molecular flexibility index (Phi) is 3.43. The van der Waals surface area contributed by atoms with Crippen LogP contribution in [0.2, 0.25) is 0 Å². The maximum absolute atomic E-state index is 11.0. The van der Waals surface area contributed by atoms with Crippen molar-refractivity contribution in [1.29, 1.82) is 0 Å². The molecule has 1 rings (SSSR count). The molecule has 0 aromatic rings. The monoisotopic (exact) mass is 180 g/mol. The highest BCUT2D eigenvalue weighted by molar-refractivity contribution is 5.80. The van der Waals surface area contributed by atoms with E-state index in [1.807, 2.05) is 12.2 Å². The third-order valence-corrected chi connectivity index (χ3v) is 2.43. The minimum atomic E-state index is -0.197. The predicted molar refractivity (Wildman–Crippen MR) is 52.6 cm³/mol. The fourth-order valence-electron chi connectivity index (χ4n) is 1.68. The van der Waals surface area contributed by atoms with Crippen molar-refractivity contribution in [2.45, 2.75) is 31.3 Å². The van der Waals surface area contributed by atoms with Crippen LogP contribution in [0.4, 0.5) is 0 Å². The molecule has 0 spiro atoms. The molecule has 0 aliphatic carbocycles. The van der Waals surface area contributed by atoms with Crippen molar-refractivity contribution in [3.05, 3.63) is 25.3 Å². The lowest BCUT2D eigenvalue weighted by Crippen LogP contribution is -2.38. The molecule has 0 unspecified atom stereocenters. The highest BCUT2D eigenvalue weighted by Gasteiger charge is 2.33. The molecule has 0 atom stereocenters. The summed E-state index contributed by atoms with van der Waals surface area (Å²) in [7, 11) is 0. The summed E-state index contributed by atoms with van der Waals surface area (Å²) in [5.74, 6) is 0.198. The van der Waals surface area contributed by atoms with E-state index in [1.165, 1.54) is 0 Å². The largest absolute Gasteiger partial charge is 0.367 e. The lowest BCUT2D eigenvalue weighted by molar-refractivity contribution is -0.141. The summed E-state index contributed by atoms with van der Waals surface area (Å²) in [4.78, 5) is 11.0. The molecule has 72 valence electrons. The van der Waals surface area contributed by atoms with Crippen LogP contribution in [0.5, 0.6) is 0 Å². The second-order valence-electron chi connectivity index (χ2n) is 3.50. The summed E-state index contributed by atoms with van der Waals surface area (Å²) in [6.45, 7) is 7.66. The van der Waals surface area contributed by atoms with Crippen molar-refractivity contribution in [2.75, 3.05) is 6.61 Å². The number of rotatable bonds is 4. The quantitative estimate of drug-likeness (QED) is 0.620. The second-order valence-corrected chi connectivity index (χ2v) is 3.50. The third kappa shape index (κ3) is 2.52. The Morgan fingerprint density at radius 2 is 2.00 bits per heavy atom. The van der Waals surface area contributed by atoms with Crippen LogP contribution in [-0.4, -0.2) is 18.0 Å². The van der Waals surface area contributed by atoms with Crippen molar-refractivity contribution < 1.29 is 9.53 Å². The van der Waals surface area contributed by atoms with Gasteiger partial charge in [-0.15, -0.1) is 13.2 Å². The van der Waals surface area contributed by atoms with Gasteiger partial charge in [0, 0.05) is 6.42 Å². The number of carbonyl (C=O) groups is 1. The zero-order chi connectivity index (χ0) is 9.73. The van der Waals surface area contributed by atoms with Gasteiger partial charge in [0.05, 0.1) is 5.60 Å². The molecule has 1 saturated heterocycles. The fourth-order valence-corrected chi connectivity index (χ4v) is 1.68. The van der Waals surface area contributed by atoms with E-state index in [1.54, 1.807) is 0 Å². The van der Waals surface area contributed by atoms with Crippen LogP contribution in [0.3, 0.4) is 0 Å². The first-order chi connectivity index (χ1) is 6.22. The Morgan fingerprint density at radius 3 is 2.38 bits per heavy atom. The van der Waals surface area contributed by atoms with Gasteiger partial charge >= 0.3 is 0 Å². The molecular formula is C11H16O2. The van der Waals surface area contributed by atoms with Crippen molar-refractivity contribution in [2.24, 2.45) is 0 Å². The molecule has 0 radical (unpaired) electrons. The Hall–Kier alpha value is -0.890. The summed E-state index contributed by atoms with van der Waals surface area (Å²) in [5.41, 5.74) is -0.197. The minimum Gasteiger partial charge on any atom is -0.367 e. The Bertz CT molecular complexity index is 196. The van der Waals surface area contributed by atoms with Gasteiger partial charge in [0.2, 0.25) is 0 Å². The molecule has 1 aliphatic heterocycles. The van der Waals surface area contributed by atoms with E-state index in [2.05, 4.69) is 13.2 Å².